The first-order valence-electron chi connectivity index (χ1n) is 5.89. The fourth-order valence-electron chi connectivity index (χ4n) is 1.90. The second-order valence-electron chi connectivity index (χ2n) is 4.02. The highest BCUT2D eigenvalue weighted by molar-refractivity contribution is 5.97. The Morgan fingerprint density at radius 2 is 1.95 bits per heavy atom. The normalized spacial score (nSPS) is 10.2. The summed E-state index contributed by atoms with van der Waals surface area (Å²) in [4.78, 5) is 11.8. The first-order chi connectivity index (χ1) is 9.62. The quantitative estimate of drug-likeness (QED) is 0.799. The molecule has 6 heteroatoms. The minimum absolute atomic E-state index is 0.277. The van der Waals surface area contributed by atoms with E-state index in [9.17, 15) is 4.79 Å². The number of rotatable bonds is 4. The van der Waals surface area contributed by atoms with Gasteiger partial charge in [-0.3, -0.25) is 0 Å². The van der Waals surface area contributed by atoms with Gasteiger partial charge >= 0.3 is 5.97 Å². The van der Waals surface area contributed by atoms with Gasteiger partial charge in [0.2, 0.25) is 0 Å². The zero-order chi connectivity index (χ0) is 14.7. The summed E-state index contributed by atoms with van der Waals surface area (Å²) in [6.07, 6.45) is 0. The summed E-state index contributed by atoms with van der Waals surface area (Å²) in [6, 6.07) is 5.22. The molecular weight excluding hydrogens is 262 g/mol. The van der Waals surface area contributed by atoms with E-state index in [1.165, 1.54) is 14.2 Å². The summed E-state index contributed by atoms with van der Waals surface area (Å²) < 4.78 is 20.3. The predicted octanol–water partition coefficient (Wildman–Crippen LogP) is 2.45. The third-order valence-corrected chi connectivity index (χ3v) is 2.91. The second-order valence-corrected chi connectivity index (χ2v) is 4.02. The Kier molecular flexibility index (Phi) is 3.93. The number of hydrogen-bond acceptors (Lipinski definition) is 6. The largest absolute Gasteiger partial charge is 0.497 e. The number of nitrogens with zero attached hydrogens (tertiary/aromatic N) is 1. The van der Waals surface area contributed by atoms with E-state index in [2.05, 4.69) is 5.16 Å². The second kappa shape index (κ2) is 5.64. The van der Waals surface area contributed by atoms with Gasteiger partial charge in [0.25, 0.3) is 0 Å². The molecule has 0 spiro atoms. The summed E-state index contributed by atoms with van der Waals surface area (Å²) in [6.45, 7) is 1.65. The third-order valence-electron chi connectivity index (χ3n) is 2.91. The average Bonchev–Trinajstić information content (AvgIpc) is 2.87. The number of hydrogen-bond donors (Lipinski definition) is 0. The molecule has 1 heterocycles. The van der Waals surface area contributed by atoms with Crippen molar-refractivity contribution in [2.45, 2.75) is 6.92 Å². The molecule has 0 saturated carbocycles. The molecule has 0 N–H and O–H groups in total. The Morgan fingerprint density at radius 3 is 2.55 bits per heavy atom. The average molecular weight is 277 g/mol. The maximum atomic E-state index is 11.8. The van der Waals surface area contributed by atoms with Crippen LogP contribution in [-0.4, -0.2) is 32.5 Å². The van der Waals surface area contributed by atoms with Gasteiger partial charge in [0.05, 0.1) is 26.9 Å². The predicted molar refractivity (Wildman–Crippen MR) is 71.1 cm³/mol. The maximum absolute atomic E-state index is 11.8. The number of benzene rings is 1. The van der Waals surface area contributed by atoms with E-state index >= 15 is 0 Å². The van der Waals surface area contributed by atoms with Crippen LogP contribution in [0, 0.1) is 6.92 Å². The molecule has 0 fully saturated rings. The van der Waals surface area contributed by atoms with E-state index in [0.717, 1.165) is 0 Å². The van der Waals surface area contributed by atoms with Crippen LogP contribution in [0.4, 0.5) is 0 Å². The first kappa shape index (κ1) is 13.9. The SMILES string of the molecule is COC(=O)c1c(-c2cc(OC)ccc2OC)noc1C. The van der Waals surface area contributed by atoms with E-state index in [-0.39, 0.29) is 5.56 Å². The molecule has 0 aliphatic rings. The summed E-state index contributed by atoms with van der Waals surface area (Å²) in [7, 11) is 4.40. The van der Waals surface area contributed by atoms with Crippen LogP contribution in [0.15, 0.2) is 22.7 Å². The van der Waals surface area contributed by atoms with Gasteiger partial charge in [0, 0.05) is 0 Å². The Morgan fingerprint density at radius 1 is 1.20 bits per heavy atom. The third kappa shape index (κ3) is 2.32. The topological polar surface area (TPSA) is 70.8 Å². The van der Waals surface area contributed by atoms with Crippen LogP contribution in [-0.2, 0) is 4.74 Å². The van der Waals surface area contributed by atoms with Crippen LogP contribution in [0.25, 0.3) is 11.3 Å². The van der Waals surface area contributed by atoms with Crippen LogP contribution in [0.1, 0.15) is 16.1 Å². The zero-order valence-electron chi connectivity index (χ0n) is 11.7. The maximum Gasteiger partial charge on any atom is 0.343 e. The lowest BCUT2D eigenvalue weighted by molar-refractivity contribution is 0.0599. The molecule has 0 aliphatic heterocycles. The van der Waals surface area contributed by atoms with Crippen molar-refractivity contribution in [3.8, 4) is 22.8 Å². The molecule has 106 valence electrons. The molecular formula is C14H15NO5. The van der Waals surface area contributed by atoms with Crippen molar-refractivity contribution in [3.63, 3.8) is 0 Å². The number of aryl methyl sites for hydroxylation is 1. The molecule has 0 aliphatic carbocycles. The fraction of sp³-hybridized carbons (Fsp3) is 0.286. The van der Waals surface area contributed by atoms with E-state index in [4.69, 9.17) is 18.7 Å². The lowest BCUT2D eigenvalue weighted by Crippen LogP contribution is -2.04. The summed E-state index contributed by atoms with van der Waals surface area (Å²) >= 11 is 0. The van der Waals surface area contributed by atoms with Crippen molar-refractivity contribution in [2.24, 2.45) is 0 Å². The molecule has 2 rings (SSSR count). The molecule has 2 aromatic rings. The highest BCUT2D eigenvalue weighted by Gasteiger charge is 2.24. The van der Waals surface area contributed by atoms with Crippen LogP contribution >= 0.6 is 0 Å². The van der Waals surface area contributed by atoms with E-state index in [1.54, 1.807) is 32.2 Å². The molecule has 20 heavy (non-hydrogen) atoms. The number of methoxy groups -OCH3 is 3. The van der Waals surface area contributed by atoms with Crippen LogP contribution in [0.2, 0.25) is 0 Å². The monoisotopic (exact) mass is 277 g/mol. The number of carbonyl (C=O) groups is 1. The van der Waals surface area contributed by atoms with Crippen molar-refractivity contribution in [1.29, 1.82) is 0 Å². The van der Waals surface area contributed by atoms with Gasteiger partial charge in [0.1, 0.15) is 28.5 Å². The molecule has 0 bridgehead atoms. The van der Waals surface area contributed by atoms with Crippen LogP contribution in [0.3, 0.4) is 0 Å². The van der Waals surface area contributed by atoms with Crippen molar-refractivity contribution >= 4 is 5.97 Å². The van der Waals surface area contributed by atoms with Gasteiger partial charge in [-0.05, 0) is 25.1 Å². The Bertz CT molecular complexity index is 632. The Balaban J connectivity index is 2.64. The number of esters is 1. The van der Waals surface area contributed by atoms with Crippen molar-refractivity contribution in [2.75, 3.05) is 21.3 Å². The lowest BCUT2D eigenvalue weighted by Gasteiger charge is -2.09. The van der Waals surface area contributed by atoms with Gasteiger partial charge in [0.15, 0.2) is 0 Å². The lowest BCUT2D eigenvalue weighted by atomic mass is 10.0. The van der Waals surface area contributed by atoms with Gasteiger partial charge in [-0.25, -0.2) is 4.79 Å². The summed E-state index contributed by atoms with van der Waals surface area (Å²) in [5, 5.41) is 3.93. The van der Waals surface area contributed by atoms with Gasteiger partial charge in [-0.1, -0.05) is 5.16 Å². The Hall–Kier alpha value is -2.50. The molecule has 0 saturated heterocycles. The Labute approximate surface area is 116 Å². The van der Waals surface area contributed by atoms with Crippen molar-refractivity contribution in [3.05, 3.63) is 29.5 Å². The zero-order valence-corrected chi connectivity index (χ0v) is 11.7. The van der Waals surface area contributed by atoms with Gasteiger partial charge in [-0.2, -0.15) is 0 Å². The van der Waals surface area contributed by atoms with E-state index in [1.807, 2.05) is 0 Å². The molecule has 1 aromatic carbocycles. The van der Waals surface area contributed by atoms with Crippen LogP contribution < -0.4 is 9.47 Å². The highest BCUT2D eigenvalue weighted by Crippen LogP contribution is 2.35. The molecule has 0 atom stereocenters. The fourth-order valence-corrected chi connectivity index (χ4v) is 1.90. The summed E-state index contributed by atoms with van der Waals surface area (Å²) in [5.74, 6) is 1.06. The molecule has 0 radical (unpaired) electrons. The highest BCUT2D eigenvalue weighted by atomic mass is 16.5. The standard InChI is InChI=1S/C14H15NO5/c1-8-12(14(16)19-4)13(15-20-8)10-7-9(17-2)5-6-11(10)18-3/h5-7H,1-4H3. The first-order valence-corrected chi connectivity index (χ1v) is 5.89. The number of ether oxygens (including phenoxy) is 3. The number of aromatic nitrogens is 1. The van der Waals surface area contributed by atoms with Gasteiger partial charge in [-0.15, -0.1) is 0 Å². The molecule has 0 unspecified atom stereocenters. The minimum Gasteiger partial charge on any atom is -0.497 e. The number of carbonyl (C=O) groups excluding carboxylic acids is 1. The van der Waals surface area contributed by atoms with E-state index < -0.39 is 5.97 Å². The summed E-state index contributed by atoms with van der Waals surface area (Å²) in [5.41, 5.74) is 1.24. The molecule has 1 aromatic heterocycles. The smallest absolute Gasteiger partial charge is 0.343 e. The minimum atomic E-state index is -0.511. The molecule has 0 amide bonds. The van der Waals surface area contributed by atoms with Gasteiger partial charge < -0.3 is 18.7 Å². The van der Waals surface area contributed by atoms with Crippen molar-refractivity contribution in [1.82, 2.24) is 5.16 Å². The van der Waals surface area contributed by atoms with E-state index in [0.29, 0.717) is 28.5 Å². The van der Waals surface area contributed by atoms with Crippen molar-refractivity contribution < 1.29 is 23.5 Å². The van der Waals surface area contributed by atoms with Crippen LogP contribution in [0.5, 0.6) is 11.5 Å². The molecule has 6 nitrogen and oxygen atoms in total.